The van der Waals surface area contributed by atoms with E-state index in [2.05, 4.69) is 144 Å². The summed E-state index contributed by atoms with van der Waals surface area (Å²) in [5.74, 6) is 0.590. The van der Waals surface area contributed by atoms with Gasteiger partial charge in [-0.15, -0.1) is 0 Å². The predicted octanol–water partition coefficient (Wildman–Crippen LogP) is 13.4. The minimum atomic E-state index is 0.590. The molecule has 2 heterocycles. The highest BCUT2D eigenvalue weighted by atomic mass is 16.4. The second-order valence-corrected chi connectivity index (χ2v) is 12.8. The number of benzene rings is 8. The van der Waals surface area contributed by atoms with Gasteiger partial charge in [0.2, 0.25) is 5.89 Å². The summed E-state index contributed by atoms with van der Waals surface area (Å²) in [6, 6.07) is 63.5. The first-order chi connectivity index (χ1) is 25.3. The summed E-state index contributed by atoms with van der Waals surface area (Å²) in [4.78, 5) is 7.26. The van der Waals surface area contributed by atoms with Gasteiger partial charge < -0.3 is 13.7 Å². The van der Waals surface area contributed by atoms with Gasteiger partial charge in [0.05, 0.1) is 11.1 Å². The number of nitrogens with zero attached hydrogens (tertiary/aromatic N) is 2. The van der Waals surface area contributed by atoms with E-state index in [4.69, 9.17) is 13.8 Å². The quantitative estimate of drug-likeness (QED) is 0.179. The third-order valence-corrected chi connectivity index (χ3v) is 9.67. The minimum absolute atomic E-state index is 0.590. The molecule has 0 saturated carbocycles. The van der Waals surface area contributed by atoms with Gasteiger partial charge in [-0.3, -0.25) is 0 Å². The Morgan fingerprint density at radius 2 is 1.08 bits per heavy atom. The van der Waals surface area contributed by atoms with Crippen molar-refractivity contribution in [2.24, 2.45) is 0 Å². The number of hydrogen-bond donors (Lipinski definition) is 0. The monoisotopic (exact) mass is 654 g/mol. The number of hydrogen-bond acceptors (Lipinski definition) is 4. The Kier molecular flexibility index (Phi) is 6.78. The van der Waals surface area contributed by atoms with Crippen LogP contribution < -0.4 is 4.90 Å². The zero-order chi connectivity index (χ0) is 33.7. The van der Waals surface area contributed by atoms with Gasteiger partial charge >= 0.3 is 0 Å². The Balaban J connectivity index is 1.22. The molecule has 0 aliphatic heterocycles. The lowest BCUT2D eigenvalue weighted by Crippen LogP contribution is -2.10. The van der Waals surface area contributed by atoms with Crippen LogP contribution in [0.15, 0.2) is 191 Å². The average Bonchev–Trinajstić information content (AvgIpc) is 3.79. The molecule has 8 aromatic carbocycles. The van der Waals surface area contributed by atoms with Gasteiger partial charge in [0, 0.05) is 28.4 Å². The molecule has 51 heavy (non-hydrogen) atoms. The Hall–Kier alpha value is -6.91. The van der Waals surface area contributed by atoms with Crippen molar-refractivity contribution in [1.82, 2.24) is 4.98 Å². The van der Waals surface area contributed by atoms with E-state index in [1.54, 1.807) is 0 Å². The Morgan fingerprint density at radius 1 is 0.412 bits per heavy atom. The minimum Gasteiger partial charge on any atom is -0.456 e. The normalized spacial score (nSPS) is 11.5. The van der Waals surface area contributed by atoms with Crippen LogP contribution in [0.1, 0.15) is 0 Å². The molecular weight excluding hydrogens is 625 g/mol. The molecule has 0 amide bonds. The first kappa shape index (κ1) is 29.0. The summed E-state index contributed by atoms with van der Waals surface area (Å²) < 4.78 is 12.8. The van der Waals surface area contributed by atoms with Crippen molar-refractivity contribution in [1.29, 1.82) is 0 Å². The Labute approximate surface area is 294 Å². The molecule has 240 valence electrons. The van der Waals surface area contributed by atoms with E-state index in [9.17, 15) is 0 Å². The van der Waals surface area contributed by atoms with Crippen LogP contribution in [-0.2, 0) is 0 Å². The van der Waals surface area contributed by atoms with E-state index in [1.807, 2.05) is 42.5 Å². The maximum Gasteiger partial charge on any atom is 0.227 e. The number of aromatic nitrogens is 1. The van der Waals surface area contributed by atoms with Gasteiger partial charge in [0.25, 0.3) is 0 Å². The van der Waals surface area contributed by atoms with E-state index in [0.29, 0.717) is 11.5 Å². The Morgan fingerprint density at radius 3 is 1.84 bits per heavy atom. The highest BCUT2D eigenvalue weighted by Crippen LogP contribution is 2.46. The molecule has 10 rings (SSSR count). The lowest BCUT2D eigenvalue weighted by molar-refractivity contribution is 0.617. The molecule has 0 spiro atoms. The predicted molar refractivity (Wildman–Crippen MR) is 210 cm³/mol. The summed E-state index contributed by atoms with van der Waals surface area (Å²) in [5.41, 5.74) is 11.8. The molecule has 0 atom stereocenters. The number of fused-ring (bicyclic) bond motifs is 5. The number of furan rings is 1. The molecule has 4 nitrogen and oxygen atoms in total. The van der Waals surface area contributed by atoms with Crippen LogP contribution in [0.2, 0.25) is 0 Å². The maximum atomic E-state index is 6.56. The molecule has 0 bridgehead atoms. The second-order valence-electron chi connectivity index (χ2n) is 12.8. The number of rotatable bonds is 6. The molecule has 2 aromatic heterocycles. The van der Waals surface area contributed by atoms with E-state index in [0.717, 1.165) is 55.6 Å². The second kappa shape index (κ2) is 11.9. The maximum absolute atomic E-state index is 6.56. The smallest absolute Gasteiger partial charge is 0.227 e. The van der Waals surface area contributed by atoms with E-state index < -0.39 is 0 Å². The SMILES string of the molecule is c1ccc(-c2ccc(N(c3cc(-c4ccccc4)c4ccccc4c3)c3cccc4oc5cc6oc(-c7ccccc7)nc6cc5c34)cc2)cc1. The zero-order valence-corrected chi connectivity index (χ0v) is 27.5. The van der Waals surface area contributed by atoms with Crippen molar-refractivity contribution in [2.45, 2.75) is 0 Å². The van der Waals surface area contributed by atoms with Crippen LogP contribution >= 0.6 is 0 Å². The third-order valence-electron chi connectivity index (χ3n) is 9.67. The van der Waals surface area contributed by atoms with Gasteiger partial charge in [-0.1, -0.05) is 121 Å². The van der Waals surface area contributed by atoms with Crippen LogP contribution in [0.25, 0.3) is 77.5 Å². The van der Waals surface area contributed by atoms with Gasteiger partial charge in [-0.2, -0.15) is 0 Å². The molecule has 0 aliphatic rings. The molecular formula is C47H30N2O2. The molecule has 4 heteroatoms. The topological polar surface area (TPSA) is 42.4 Å². The lowest BCUT2D eigenvalue weighted by atomic mass is 9.96. The van der Waals surface area contributed by atoms with Crippen molar-refractivity contribution in [2.75, 3.05) is 4.90 Å². The largest absolute Gasteiger partial charge is 0.456 e. The van der Waals surface area contributed by atoms with E-state index in [-0.39, 0.29) is 0 Å². The van der Waals surface area contributed by atoms with Crippen LogP contribution in [0.5, 0.6) is 0 Å². The molecule has 0 aliphatic carbocycles. The highest BCUT2D eigenvalue weighted by Gasteiger charge is 2.22. The van der Waals surface area contributed by atoms with Crippen molar-refractivity contribution >= 4 is 60.9 Å². The molecule has 0 saturated heterocycles. The molecule has 0 fully saturated rings. The van der Waals surface area contributed by atoms with Gasteiger partial charge in [-0.05, 0) is 87.6 Å². The summed E-state index contributed by atoms with van der Waals surface area (Å²) in [7, 11) is 0. The standard InChI is InChI=1S/C47H30N2O2/c1-4-13-31(14-5-1)32-23-25-36(26-24-32)49(37-27-35-19-10-11-20-38(35)39(28-37)33-15-6-2-7-16-33)42-21-12-22-43-46(42)40-29-41-45(30-44(40)50-43)51-47(48-41)34-17-8-3-9-18-34/h1-30H. The van der Waals surface area contributed by atoms with Crippen molar-refractivity contribution in [3.05, 3.63) is 182 Å². The molecule has 0 radical (unpaired) electrons. The van der Waals surface area contributed by atoms with Crippen LogP contribution in [-0.4, -0.2) is 4.98 Å². The average molecular weight is 655 g/mol. The first-order valence-electron chi connectivity index (χ1n) is 17.1. The highest BCUT2D eigenvalue weighted by molar-refractivity contribution is 6.16. The number of oxazole rings is 1. The van der Waals surface area contributed by atoms with E-state index >= 15 is 0 Å². The molecule has 10 aromatic rings. The van der Waals surface area contributed by atoms with Crippen LogP contribution in [0.3, 0.4) is 0 Å². The number of anilines is 3. The van der Waals surface area contributed by atoms with E-state index in [1.165, 1.54) is 27.5 Å². The van der Waals surface area contributed by atoms with Crippen molar-refractivity contribution in [3.8, 4) is 33.7 Å². The van der Waals surface area contributed by atoms with Crippen molar-refractivity contribution < 1.29 is 8.83 Å². The third kappa shape index (κ3) is 5.04. The summed E-state index contributed by atoms with van der Waals surface area (Å²) in [6.45, 7) is 0. The van der Waals surface area contributed by atoms with Gasteiger partial charge in [0.1, 0.15) is 16.7 Å². The van der Waals surface area contributed by atoms with Gasteiger partial charge in [-0.25, -0.2) is 4.98 Å². The summed E-state index contributed by atoms with van der Waals surface area (Å²) in [5, 5.41) is 4.37. The molecule has 0 N–H and O–H groups in total. The fourth-order valence-electron chi connectivity index (χ4n) is 7.26. The lowest BCUT2D eigenvalue weighted by Gasteiger charge is -2.27. The summed E-state index contributed by atoms with van der Waals surface area (Å²) in [6.07, 6.45) is 0. The first-order valence-corrected chi connectivity index (χ1v) is 17.1. The van der Waals surface area contributed by atoms with Crippen LogP contribution in [0.4, 0.5) is 17.1 Å². The Bertz CT molecular complexity index is 2840. The fraction of sp³-hybridized carbons (Fsp3) is 0. The summed E-state index contributed by atoms with van der Waals surface area (Å²) >= 11 is 0. The van der Waals surface area contributed by atoms with Crippen LogP contribution in [0, 0.1) is 0 Å². The van der Waals surface area contributed by atoms with Gasteiger partial charge in [0.15, 0.2) is 5.58 Å². The zero-order valence-electron chi connectivity index (χ0n) is 27.5. The van der Waals surface area contributed by atoms with Crippen molar-refractivity contribution in [3.63, 3.8) is 0 Å². The fourth-order valence-corrected chi connectivity index (χ4v) is 7.26. The molecule has 0 unspecified atom stereocenters.